The fourth-order valence-corrected chi connectivity index (χ4v) is 0. The second-order valence-corrected chi connectivity index (χ2v) is 0. The van der Waals surface area contributed by atoms with E-state index in [0.717, 1.165) is 0 Å². The summed E-state index contributed by atoms with van der Waals surface area (Å²) < 4.78 is 0. The molecular formula is CuF4-4. The van der Waals surface area contributed by atoms with Crippen LogP contribution in [0.1, 0.15) is 0 Å². The van der Waals surface area contributed by atoms with Crippen LogP contribution < -0.4 is 18.8 Å². The van der Waals surface area contributed by atoms with Crippen molar-refractivity contribution in [2.24, 2.45) is 0 Å². The van der Waals surface area contributed by atoms with Gasteiger partial charge in [0.05, 0.1) is 0 Å². The molecule has 0 N–H and O–H groups in total. The van der Waals surface area contributed by atoms with Gasteiger partial charge in [0.25, 0.3) is 0 Å². The van der Waals surface area contributed by atoms with Gasteiger partial charge < -0.3 is 18.8 Å². The van der Waals surface area contributed by atoms with Gasteiger partial charge in [-0.3, -0.25) is 0 Å². The third kappa shape index (κ3) is 371. The maximum Gasteiger partial charge on any atom is 0 e. The fourth-order valence-electron chi connectivity index (χ4n) is 0. The largest absolute Gasteiger partial charge is 1.00 e. The van der Waals surface area contributed by atoms with Gasteiger partial charge in [-0.1, -0.05) is 0 Å². The minimum Gasteiger partial charge on any atom is -1.00 e. The molecule has 43 valence electrons. The molecule has 0 aromatic carbocycles. The predicted molar refractivity (Wildman–Crippen MR) is 0 cm³/mol. The third-order valence-corrected chi connectivity index (χ3v) is 0. The quantitative estimate of drug-likeness (QED) is 0.231. The average molecular weight is 140 g/mol. The van der Waals surface area contributed by atoms with Gasteiger partial charge in [-0.2, -0.15) is 0 Å². The summed E-state index contributed by atoms with van der Waals surface area (Å²) in [4.78, 5) is 0. The van der Waals surface area contributed by atoms with Gasteiger partial charge in [0, 0.05) is 17.1 Å². The second-order valence-electron chi connectivity index (χ2n) is 0. The van der Waals surface area contributed by atoms with E-state index in [2.05, 4.69) is 0 Å². The van der Waals surface area contributed by atoms with Crippen LogP contribution in [0.2, 0.25) is 0 Å². The van der Waals surface area contributed by atoms with E-state index in [1.807, 2.05) is 0 Å². The van der Waals surface area contributed by atoms with Crippen LogP contribution in [-0.2, 0) is 17.1 Å². The Bertz CT molecular complexity index is 3.61. The van der Waals surface area contributed by atoms with Crippen LogP contribution in [0.25, 0.3) is 0 Å². The van der Waals surface area contributed by atoms with Crippen LogP contribution in [0.3, 0.4) is 0 Å². The van der Waals surface area contributed by atoms with Gasteiger partial charge in [-0.05, 0) is 0 Å². The molecular weight excluding hydrogens is 140 g/mol. The van der Waals surface area contributed by atoms with E-state index < -0.39 is 0 Å². The Balaban J connectivity index is 0. The summed E-state index contributed by atoms with van der Waals surface area (Å²) in [6.45, 7) is 0. The van der Waals surface area contributed by atoms with E-state index >= 15 is 0 Å². The van der Waals surface area contributed by atoms with Crippen molar-refractivity contribution < 1.29 is 35.9 Å². The minimum absolute atomic E-state index is 0. The summed E-state index contributed by atoms with van der Waals surface area (Å²) in [5, 5.41) is 0. The Morgan fingerprint density at radius 2 is 0.400 bits per heavy atom. The number of halogens is 4. The molecule has 0 unspecified atom stereocenters. The monoisotopic (exact) mass is 139 g/mol. The Kier molecular flexibility index (Phi) is 255000. The van der Waals surface area contributed by atoms with Crippen LogP contribution in [0.5, 0.6) is 0 Å². The van der Waals surface area contributed by atoms with Crippen molar-refractivity contribution >= 4 is 0 Å². The molecule has 0 nitrogen and oxygen atoms in total. The number of hydrogen-bond donors (Lipinski definition) is 0. The van der Waals surface area contributed by atoms with E-state index in [-0.39, 0.29) is 35.9 Å². The Hall–Kier alpha value is 0.239. The number of rotatable bonds is 0. The van der Waals surface area contributed by atoms with Crippen molar-refractivity contribution in [1.29, 1.82) is 0 Å². The molecule has 0 fully saturated rings. The van der Waals surface area contributed by atoms with E-state index in [4.69, 9.17) is 0 Å². The second kappa shape index (κ2) is 776. The molecule has 0 aliphatic heterocycles. The van der Waals surface area contributed by atoms with Crippen LogP contribution in [0.4, 0.5) is 0 Å². The Labute approximate surface area is 36.9 Å². The normalized spacial score (nSPS) is 0. The molecule has 0 aromatic rings. The Morgan fingerprint density at radius 3 is 0.400 bits per heavy atom. The zero-order chi connectivity index (χ0) is 0. The standard InChI is InChI=1S/Cu.4FH/h;4*1H/p-4. The minimum atomic E-state index is 0. The maximum absolute atomic E-state index is 0. The third-order valence-electron chi connectivity index (χ3n) is 0. The van der Waals surface area contributed by atoms with Crippen molar-refractivity contribution in [3.63, 3.8) is 0 Å². The molecule has 0 aromatic heterocycles. The summed E-state index contributed by atoms with van der Waals surface area (Å²) in [6, 6.07) is 0. The molecule has 0 spiro atoms. The first kappa shape index (κ1) is 1640. The zero-order valence-electron chi connectivity index (χ0n) is 1.81. The summed E-state index contributed by atoms with van der Waals surface area (Å²) in [5.74, 6) is 0. The van der Waals surface area contributed by atoms with Crippen molar-refractivity contribution in [2.75, 3.05) is 0 Å². The first-order valence-corrected chi connectivity index (χ1v) is 0. The molecule has 0 aliphatic carbocycles. The van der Waals surface area contributed by atoms with Crippen LogP contribution >= 0.6 is 0 Å². The SMILES string of the molecule is [Cu].[F-].[F-].[F-].[F-]. The van der Waals surface area contributed by atoms with E-state index in [0.29, 0.717) is 0 Å². The van der Waals surface area contributed by atoms with Crippen LogP contribution in [0.15, 0.2) is 0 Å². The molecule has 0 aliphatic rings. The van der Waals surface area contributed by atoms with Gasteiger partial charge in [0.2, 0.25) is 0 Å². The summed E-state index contributed by atoms with van der Waals surface area (Å²) in [7, 11) is 0. The average Bonchev–Trinajstić information content (AvgIpc) is 0. The molecule has 0 amide bonds. The van der Waals surface area contributed by atoms with Crippen molar-refractivity contribution in [3.8, 4) is 0 Å². The van der Waals surface area contributed by atoms with E-state index in [1.54, 1.807) is 0 Å². The smallest absolute Gasteiger partial charge is 0 e. The molecule has 5 heavy (non-hydrogen) atoms. The predicted octanol–water partition coefficient (Wildman–Crippen LogP) is -12.0. The van der Waals surface area contributed by atoms with Gasteiger partial charge in [-0.25, -0.2) is 0 Å². The fraction of sp³-hybridized carbons (Fsp3) is 0. The van der Waals surface area contributed by atoms with Gasteiger partial charge in [0.15, 0.2) is 0 Å². The summed E-state index contributed by atoms with van der Waals surface area (Å²) in [6.07, 6.45) is 0. The first-order valence-electron chi connectivity index (χ1n) is 0. The summed E-state index contributed by atoms with van der Waals surface area (Å²) >= 11 is 0. The van der Waals surface area contributed by atoms with Crippen LogP contribution in [-0.4, -0.2) is 0 Å². The van der Waals surface area contributed by atoms with Crippen molar-refractivity contribution in [3.05, 3.63) is 0 Å². The number of hydrogen-bond acceptors (Lipinski definition) is 0. The van der Waals surface area contributed by atoms with Gasteiger partial charge >= 0.3 is 0 Å². The molecule has 0 atom stereocenters. The molecule has 5 heteroatoms. The molecule has 0 heterocycles. The van der Waals surface area contributed by atoms with Crippen molar-refractivity contribution in [1.82, 2.24) is 0 Å². The van der Waals surface area contributed by atoms with Crippen LogP contribution in [0, 0.1) is 0 Å². The van der Waals surface area contributed by atoms with E-state index in [9.17, 15) is 0 Å². The van der Waals surface area contributed by atoms with Gasteiger partial charge in [-0.15, -0.1) is 0 Å². The maximum atomic E-state index is 0. The topological polar surface area (TPSA) is 0 Å². The molecule has 0 rings (SSSR count). The zero-order valence-corrected chi connectivity index (χ0v) is 2.76. The molecule has 1 radical (unpaired) electrons. The van der Waals surface area contributed by atoms with Gasteiger partial charge in [0.1, 0.15) is 0 Å². The molecule has 0 saturated heterocycles. The molecule has 0 bridgehead atoms. The first-order chi connectivity index (χ1) is 0. The summed E-state index contributed by atoms with van der Waals surface area (Å²) in [5.41, 5.74) is 0. The molecule has 0 saturated carbocycles. The van der Waals surface area contributed by atoms with E-state index in [1.165, 1.54) is 0 Å². The Morgan fingerprint density at radius 1 is 0.400 bits per heavy atom. The van der Waals surface area contributed by atoms with Crippen molar-refractivity contribution in [2.45, 2.75) is 0 Å².